The van der Waals surface area contributed by atoms with Gasteiger partial charge in [0.2, 0.25) is 0 Å². The first-order valence-electron chi connectivity index (χ1n) is 15.7. The molecule has 0 radical (unpaired) electrons. The van der Waals surface area contributed by atoms with E-state index >= 15 is 0 Å². The highest BCUT2D eigenvalue weighted by molar-refractivity contribution is 7.26. The molecule has 0 unspecified atom stereocenters. The van der Waals surface area contributed by atoms with Crippen molar-refractivity contribution in [3.05, 3.63) is 146 Å². The monoisotopic (exact) mass is 592 g/mol. The van der Waals surface area contributed by atoms with Crippen molar-refractivity contribution in [2.24, 2.45) is 0 Å². The summed E-state index contributed by atoms with van der Waals surface area (Å²) in [6.07, 6.45) is 9.20. The topological polar surface area (TPSA) is 9.86 Å². The van der Waals surface area contributed by atoms with Gasteiger partial charge in [-0.05, 0) is 60.9 Å². The van der Waals surface area contributed by atoms with Gasteiger partial charge >= 0.3 is 0 Å². The molecule has 9 aromatic rings. The Labute approximate surface area is 264 Å². The quantitative estimate of drug-likeness (QED) is 0.193. The number of aromatic nitrogens is 2. The molecule has 3 heteroatoms. The predicted octanol–water partition coefficient (Wildman–Crippen LogP) is 12.1. The maximum atomic E-state index is 2.54. The van der Waals surface area contributed by atoms with Gasteiger partial charge in [-0.2, -0.15) is 0 Å². The molecule has 1 aliphatic rings. The fourth-order valence-electron chi connectivity index (χ4n) is 7.66. The van der Waals surface area contributed by atoms with Crippen molar-refractivity contribution in [1.82, 2.24) is 9.13 Å². The normalized spacial score (nSPS) is 13.6. The second-order valence-corrected chi connectivity index (χ2v) is 13.0. The zero-order valence-electron chi connectivity index (χ0n) is 24.6. The number of hydrogen-bond donors (Lipinski definition) is 0. The Morgan fingerprint density at radius 1 is 0.511 bits per heavy atom. The summed E-state index contributed by atoms with van der Waals surface area (Å²) in [5.41, 5.74) is 10.0. The number of fused-ring (bicyclic) bond motifs is 10. The molecule has 0 atom stereocenters. The first-order chi connectivity index (χ1) is 22.4. The number of para-hydroxylation sites is 4. The standard InChI is InChI=1S/C42H28N2S/c1-3-14-27(15-4-1)43-36-23-10-7-18-29(36)31-21-13-22-32(40(31)43)34-26-35-30-19-9-12-25-38(30)45-42(35)41-39(34)33-20-8-11-24-37(33)44(41)28-16-5-2-6-17-28/h1,3-5,7-26H,2,6H2. The van der Waals surface area contributed by atoms with Crippen LogP contribution in [-0.2, 0) is 0 Å². The van der Waals surface area contributed by atoms with E-state index in [4.69, 9.17) is 0 Å². The number of thiophene rings is 1. The Balaban J connectivity index is 1.46. The molecule has 0 saturated heterocycles. The third-order valence-electron chi connectivity index (χ3n) is 9.51. The molecule has 2 nitrogen and oxygen atoms in total. The van der Waals surface area contributed by atoms with Crippen molar-refractivity contribution in [2.45, 2.75) is 12.8 Å². The van der Waals surface area contributed by atoms with E-state index in [0.717, 1.165) is 12.8 Å². The largest absolute Gasteiger partial charge is 0.309 e. The highest BCUT2D eigenvalue weighted by Crippen LogP contribution is 2.49. The lowest BCUT2D eigenvalue weighted by Gasteiger charge is -2.15. The smallest absolute Gasteiger partial charge is 0.0725 e. The summed E-state index contributed by atoms with van der Waals surface area (Å²) in [4.78, 5) is 0. The minimum absolute atomic E-state index is 1.06. The van der Waals surface area contributed by atoms with Gasteiger partial charge in [-0.15, -0.1) is 11.3 Å². The van der Waals surface area contributed by atoms with Crippen LogP contribution >= 0.6 is 11.3 Å². The summed E-state index contributed by atoms with van der Waals surface area (Å²) < 4.78 is 7.68. The zero-order valence-corrected chi connectivity index (χ0v) is 25.4. The molecule has 10 rings (SSSR count). The van der Waals surface area contributed by atoms with Gasteiger partial charge in [0, 0.05) is 54.0 Å². The molecule has 3 aromatic heterocycles. The molecule has 0 saturated carbocycles. The second kappa shape index (κ2) is 9.56. The van der Waals surface area contributed by atoms with Gasteiger partial charge in [-0.1, -0.05) is 103 Å². The number of hydrogen-bond acceptors (Lipinski definition) is 1. The number of rotatable bonds is 3. The molecule has 212 valence electrons. The first kappa shape index (κ1) is 25.0. The van der Waals surface area contributed by atoms with E-state index in [9.17, 15) is 0 Å². The molecule has 0 aliphatic heterocycles. The summed E-state index contributed by atoms with van der Waals surface area (Å²) in [6.45, 7) is 0. The predicted molar refractivity (Wildman–Crippen MR) is 195 cm³/mol. The minimum atomic E-state index is 1.06. The van der Waals surface area contributed by atoms with Crippen LogP contribution in [0.5, 0.6) is 0 Å². The summed E-state index contributed by atoms with van der Waals surface area (Å²) in [5, 5.41) is 7.81. The summed E-state index contributed by atoms with van der Waals surface area (Å²) >= 11 is 1.92. The fraction of sp³-hybridized carbons (Fsp3) is 0.0476. The van der Waals surface area contributed by atoms with Crippen LogP contribution in [0.15, 0.2) is 146 Å². The van der Waals surface area contributed by atoms with Crippen LogP contribution in [0, 0.1) is 0 Å². The Kier molecular flexibility index (Phi) is 5.31. The fourth-order valence-corrected chi connectivity index (χ4v) is 8.88. The van der Waals surface area contributed by atoms with Gasteiger partial charge < -0.3 is 9.13 Å². The second-order valence-electron chi connectivity index (χ2n) is 12.0. The van der Waals surface area contributed by atoms with Crippen LogP contribution in [0.25, 0.3) is 86.3 Å². The van der Waals surface area contributed by atoms with Crippen LogP contribution in [0.3, 0.4) is 0 Å². The van der Waals surface area contributed by atoms with Gasteiger partial charge in [0.25, 0.3) is 0 Å². The molecule has 0 N–H and O–H groups in total. The number of benzene rings is 6. The Morgan fingerprint density at radius 3 is 2.04 bits per heavy atom. The van der Waals surface area contributed by atoms with Gasteiger partial charge in [-0.25, -0.2) is 0 Å². The molecule has 3 heterocycles. The third-order valence-corrected chi connectivity index (χ3v) is 10.7. The minimum Gasteiger partial charge on any atom is -0.309 e. The van der Waals surface area contributed by atoms with E-state index in [0.29, 0.717) is 0 Å². The molecular weight excluding hydrogens is 565 g/mol. The molecule has 0 amide bonds. The van der Waals surface area contributed by atoms with Gasteiger partial charge in [-0.3, -0.25) is 0 Å². The van der Waals surface area contributed by atoms with Crippen LogP contribution < -0.4 is 0 Å². The summed E-state index contributed by atoms with van der Waals surface area (Å²) in [7, 11) is 0. The van der Waals surface area contributed by atoms with Crippen LogP contribution in [0.4, 0.5) is 0 Å². The van der Waals surface area contributed by atoms with Crippen molar-refractivity contribution >= 4 is 80.8 Å². The van der Waals surface area contributed by atoms with Gasteiger partial charge in [0.1, 0.15) is 0 Å². The molecular formula is C42H28N2S. The molecule has 6 aromatic carbocycles. The third kappa shape index (κ3) is 3.50. The average molecular weight is 593 g/mol. The average Bonchev–Trinajstić information content (AvgIpc) is 3.77. The lowest BCUT2D eigenvalue weighted by atomic mass is 9.95. The van der Waals surface area contributed by atoms with Crippen molar-refractivity contribution in [3.63, 3.8) is 0 Å². The lowest BCUT2D eigenvalue weighted by Crippen LogP contribution is -1.97. The first-order valence-corrected chi connectivity index (χ1v) is 16.5. The Morgan fingerprint density at radius 2 is 1.22 bits per heavy atom. The Bertz CT molecular complexity index is 2700. The number of nitrogens with zero attached hydrogens (tertiary/aromatic N) is 2. The van der Waals surface area contributed by atoms with Crippen molar-refractivity contribution in [3.8, 4) is 16.8 Å². The van der Waals surface area contributed by atoms with Crippen LogP contribution in [0.1, 0.15) is 12.8 Å². The van der Waals surface area contributed by atoms with Crippen molar-refractivity contribution in [1.29, 1.82) is 0 Å². The molecule has 1 aliphatic carbocycles. The zero-order chi connectivity index (χ0) is 29.5. The van der Waals surface area contributed by atoms with Gasteiger partial charge in [0.05, 0.1) is 26.8 Å². The van der Waals surface area contributed by atoms with Crippen LogP contribution in [-0.4, -0.2) is 9.13 Å². The SMILES string of the molecule is C1=CC(n2c3ccccc3c3c(-c4cccc5c6ccccc6n(-c6ccccc6)c45)cc4c5ccccc5sc4c32)=CCC1. The van der Waals surface area contributed by atoms with Gasteiger partial charge in [0.15, 0.2) is 0 Å². The molecule has 0 bridgehead atoms. The van der Waals surface area contributed by atoms with Crippen molar-refractivity contribution < 1.29 is 0 Å². The van der Waals surface area contributed by atoms with E-state index in [1.54, 1.807) is 0 Å². The maximum absolute atomic E-state index is 2.54. The molecule has 0 fully saturated rings. The van der Waals surface area contributed by atoms with E-state index in [2.05, 4.69) is 155 Å². The van der Waals surface area contributed by atoms with E-state index < -0.39 is 0 Å². The lowest BCUT2D eigenvalue weighted by molar-refractivity contribution is 1.02. The van der Waals surface area contributed by atoms with Crippen molar-refractivity contribution in [2.75, 3.05) is 0 Å². The summed E-state index contributed by atoms with van der Waals surface area (Å²) in [5.74, 6) is 0. The maximum Gasteiger partial charge on any atom is 0.0725 e. The van der Waals surface area contributed by atoms with Crippen LogP contribution in [0.2, 0.25) is 0 Å². The highest BCUT2D eigenvalue weighted by Gasteiger charge is 2.24. The molecule has 45 heavy (non-hydrogen) atoms. The van der Waals surface area contributed by atoms with E-state index in [1.165, 1.54) is 86.3 Å². The number of allylic oxidation sites excluding steroid dienone is 4. The van der Waals surface area contributed by atoms with E-state index in [1.807, 2.05) is 11.3 Å². The Hall–Kier alpha value is -5.38. The highest BCUT2D eigenvalue weighted by atomic mass is 32.1. The molecule has 0 spiro atoms. The summed E-state index contributed by atoms with van der Waals surface area (Å²) in [6, 6.07) is 46.9. The van der Waals surface area contributed by atoms with E-state index in [-0.39, 0.29) is 0 Å².